The number of benzene rings is 1. The first-order chi connectivity index (χ1) is 12.2. The second-order valence-corrected chi connectivity index (χ2v) is 7.25. The van der Waals surface area contributed by atoms with Gasteiger partial charge < -0.3 is 15.4 Å². The zero-order chi connectivity index (χ0) is 19.4. The van der Waals surface area contributed by atoms with Crippen molar-refractivity contribution in [3.05, 3.63) is 45.8 Å². The number of carbonyl (C=O) groups excluding carboxylic acids is 3. The lowest BCUT2D eigenvalue weighted by Crippen LogP contribution is -2.30. The number of carbonyl (C=O) groups is 3. The number of amides is 2. The van der Waals surface area contributed by atoms with Crippen LogP contribution in [0, 0.1) is 20.8 Å². The van der Waals surface area contributed by atoms with Crippen LogP contribution in [0.15, 0.2) is 24.3 Å². The molecular formula is C19H22N2O4S. The molecule has 0 saturated carbocycles. The monoisotopic (exact) mass is 374 g/mol. The molecule has 1 unspecified atom stereocenters. The second-order valence-electron chi connectivity index (χ2n) is 6.02. The number of esters is 1. The number of thiophene rings is 1. The van der Waals surface area contributed by atoms with Crippen molar-refractivity contribution in [2.24, 2.45) is 0 Å². The molecule has 2 amide bonds. The summed E-state index contributed by atoms with van der Waals surface area (Å²) in [5.41, 5.74) is 2.60. The van der Waals surface area contributed by atoms with Gasteiger partial charge in [-0.05, 0) is 44.9 Å². The Kier molecular flexibility index (Phi) is 6.15. The summed E-state index contributed by atoms with van der Waals surface area (Å²) in [4.78, 5) is 37.2. The molecule has 1 atom stereocenters. The van der Waals surface area contributed by atoms with Crippen LogP contribution in [0.3, 0.4) is 0 Å². The van der Waals surface area contributed by atoms with Crippen LogP contribution in [0.2, 0.25) is 0 Å². The van der Waals surface area contributed by atoms with Crippen LogP contribution < -0.4 is 10.6 Å². The highest BCUT2D eigenvalue weighted by Gasteiger charge is 2.25. The molecule has 7 heteroatoms. The molecule has 2 rings (SSSR count). The molecule has 6 nitrogen and oxygen atoms in total. The highest BCUT2D eigenvalue weighted by molar-refractivity contribution is 7.16. The van der Waals surface area contributed by atoms with Gasteiger partial charge >= 0.3 is 5.97 Å². The summed E-state index contributed by atoms with van der Waals surface area (Å²) in [5, 5.41) is 5.83. The molecule has 0 saturated heterocycles. The molecule has 0 aliphatic rings. The number of ether oxygens (including phenoxy) is 1. The number of hydrogen-bond donors (Lipinski definition) is 2. The zero-order valence-electron chi connectivity index (χ0n) is 15.4. The minimum Gasteiger partial charge on any atom is -0.449 e. The molecule has 2 N–H and O–H groups in total. The highest BCUT2D eigenvalue weighted by Crippen LogP contribution is 2.33. The van der Waals surface area contributed by atoms with Gasteiger partial charge in [-0.2, -0.15) is 0 Å². The van der Waals surface area contributed by atoms with E-state index in [1.165, 1.54) is 25.2 Å². The zero-order valence-corrected chi connectivity index (χ0v) is 16.2. The molecule has 26 heavy (non-hydrogen) atoms. The van der Waals surface area contributed by atoms with E-state index >= 15 is 0 Å². The molecule has 1 heterocycles. The summed E-state index contributed by atoms with van der Waals surface area (Å²) >= 11 is 1.30. The second kappa shape index (κ2) is 8.14. The summed E-state index contributed by atoms with van der Waals surface area (Å²) in [7, 11) is 0. The van der Waals surface area contributed by atoms with Crippen LogP contribution in [-0.4, -0.2) is 23.9 Å². The maximum Gasteiger partial charge on any atom is 0.342 e. The largest absolute Gasteiger partial charge is 0.449 e. The maximum atomic E-state index is 12.6. The number of hydrogen-bond acceptors (Lipinski definition) is 5. The third kappa shape index (κ3) is 4.49. The van der Waals surface area contributed by atoms with E-state index in [2.05, 4.69) is 10.6 Å². The Morgan fingerprint density at radius 3 is 2.35 bits per heavy atom. The summed E-state index contributed by atoms with van der Waals surface area (Å²) in [6, 6.07) is 7.35. The van der Waals surface area contributed by atoms with E-state index in [1.54, 1.807) is 13.0 Å². The predicted molar refractivity (Wildman–Crippen MR) is 103 cm³/mol. The van der Waals surface area contributed by atoms with Crippen LogP contribution in [0.5, 0.6) is 0 Å². The van der Waals surface area contributed by atoms with Crippen molar-refractivity contribution in [2.75, 3.05) is 10.6 Å². The number of aryl methyl sites for hydroxylation is 2. The van der Waals surface area contributed by atoms with Crippen molar-refractivity contribution in [3.8, 4) is 0 Å². The molecule has 0 fully saturated rings. The molecule has 2 aromatic rings. The number of para-hydroxylation sites is 1. The van der Waals surface area contributed by atoms with Gasteiger partial charge in [-0.1, -0.05) is 18.2 Å². The Hall–Kier alpha value is -2.67. The number of anilines is 2. The Bertz CT molecular complexity index is 857. The minimum absolute atomic E-state index is 0.273. The fourth-order valence-corrected chi connectivity index (χ4v) is 3.44. The van der Waals surface area contributed by atoms with Crippen molar-refractivity contribution in [1.29, 1.82) is 0 Å². The molecule has 1 aromatic carbocycles. The number of rotatable bonds is 5. The van der Waals surface area contributed by atoms with Gasteiger partial charge in [0.05, 0.1) is 5.56 Å². The fourth-order valence-electron chi connectivity index (χ4n) is 2.34. The van der Waals surface area contributed by atoms with Gasteiger partial charge in [0.1, 0.15) is 5.00 Å². The van der Waals surface area contributed by atoms with E-state index in [-0.39, 0.29) is 5.91 Å². The van der Waals surface area contributed by atoms with Crippen molar-refractivity contribution >= 4 is 39.8 Å². The Morgan fingerprint density at radius 1 is 1.08 bits per heavy atom. The molecule has 0 radical (unpaired) electrons. The van der Waals surface area contributed by atoms with Gasteiger partial charge in [-0.15, -0.1) is 11.3 Å². The van der Waals surface area contributed by atoms with Crippen molar-refractivity contribution in [1.82, 2.24) is 0 Å². The van der Waals surface area contributed by atoms with E-state index in [4.69, 9.17) is 4.74 Å². The lowest BCUT2D eigenvalue weighted by molar-refractivity contribution is -0.123. The molecule has 0 spiro atoms. The first kappa shape index (κ1) is 19.7. The fraction of sp³-hybridized carbons (Fsp3) is 0.316. The summed E-state index contributed by atoms with van der Waals surface area (Å²) < 4.78 is 5.33. The SMILES string of the molecule is CC(=O)Nc1sc(C)c(C)c1C(=O)OC(C)C(=O)Nc1ccccc1C. The van der Waals surface area contributed by atoms with Gasteiger partial charge in [0, 0.05) is 17.5 Å². The topological polar surface area (TPSA) is 84.5 Å². The predicted octanol–water partition coefficient (Wildman–Crippen LogP) is 3.82. The standard InChI is InChI=1S/C19H22N2O4S/c1-10-8-6-7-9-15(10)21-17(23)12(3)25-19(24)16-11(2)13(4)26-18(16)20-14(5)22/h6-9,12H,1-5H3,(H,20,22)(H,21,23). The van der Waals surface area contributed by atoms with Crippen LogP contribution in [-0.2, 0) is 14.3 Å². The molecule has 0 aliphatic heterocycles. The maximum absolute atomic E-state index is 12.6. The van der Waals surface area contributed by atoms with E-state index in [0.29, 0.717) is 16.3 Å². The first-order valence-electron chi connectivity index (χ1n) is 8.15. The molecule has 0 bridgehead atoms. The van der Waals surface area contributed by atoms with Gasteiger partial charge in [0.2, 0.25) is 5.91 Å². The lowest BCUT2D eigenvalue weighted by atomic mass is 10.1. The van der Waals surface area contributed by atoms with E-state index in [1.807, 2.05) is 32.0 Å². The Labute approximate surface area is 156 Å². The van der Waals surface area contributed by atoms with Gasteiger partial charge in [0.25, 0.3) is 5.91 Å². The van der Waals surface area contributed by atoms with Crippen LogP contribution in [0.4, 0.5) is 10.7 Å². The van der Waals surface area contributed by atoms with Crippen LogP contribution >= 0.6 is 11.3 Å². The van der Waals surface area contributed by atoms with Gasteiger partial charge in [-0.25, -0.2) is 4.79 Å². The third-order valence-electron chi connectivity index (χ3n) is 3.93. The summed E-state index contributed by atoms with van der Waals surface area (Å²) in [6.45, 7) is 8.40. The highest BCUT2D eigenvalue weighted by atomic mass is 32.1. The lowest BCUT2D eigenvalue weighted by Gasteiger charge is -2.15. The summed E-state index contributed by atoms with van der Waals surface area (Å²) in [6.07, 6.45) is -0.980. The summed E-state index contributed by atoms with van der Waals surface area (Å²) in [5.74, 6) is -1.33. The molecule has 0 aliphatic carbocycles. The molecule has 138 valence electrons. The average molecular weight is 374 g/mol. The van der Waals surface area contributed by atoms with Crippen molar-refractivity contribution in [2.45, 2.75) is 40.7 Å². The quantitative estimate of drug-likeness (QED) is 0.779. The van der Waals surface area contributed by atoms with Gasteiger partial charge in [0.15, 0.2) is 6.10 Å². The van der Waals surface area contributed by atoms with Crippen LogP contribution in [0.25, 0.3) is 0 Å². The first-order valence-corrected chi connectivity index (χ1v) is 8.97. The van der Waals surface area contributed by atoms with Crippen molar-refractivity contribution in [3.63, 3.8) is 0 Å². The molecular weight excluding hydrogens is 352 g/mol. The Balaban J connectivity index is 2.13. The van der Waals surface area contributed by atoms with Crippen molar-refractivity contribution < 1.29 is 19.1 Å². The van der Waals surface area contributed by atoms with Gasteiger partial charge in [-0.3, -0.25) is 9.59 Å². The smallest absolute Gasteiger partial charge is 0.342 e. The normalized spacial score (nSPS) is 11.6. The molecule has 1 aromatic heterocycles. The van der Waals surface area contributed by atoms with E-state index in [0.717, 1.165) is 16.0 Å². The Morgan fingerprint density at radius 2 is 1.73 bits per heavy atom. The number of nitrogens with one attached hydrogen (secondary N) is 2. The van der Waals surface area contributed by atoms with E-state index < -0.39 is 18.0 Å². The van der Waals surface area contributed by atoms with Crippen LogP contribution in [0.1, 0.15) is 40.2 Å². The third-order valence-corrected chi connectivity index (χ3v) is 5.06. The van der Waals surface area contributed by atoms with E-state index in [9.17, 15) is 14.4 Å². The minimum atomic E-state index is -0.980. The average Bonchev–Trinajstić information content (AvgIpc) is 2.82.